The van der Waals surface area contributed by atoms with Crippen molar-refractivity contribution in [1.29, 1.82) is 0 Å². The van der Waals surface area contributed by atoms with Gasteiger partial charge in [0.1, 0.15) is 29.6 Å². The predicted octanol–water partition coefficient (Wildman–Crippen LogP) is 1.75. The molecule has 44 heavy (non-hydrogen) atoms. The Morgan fingerprint density at radius 1 is 0.659 bits per heavy atom. The number of carboxylic acid groups (broad SMARTS) is 1. The zero-order valence-electron chi connectivity index (χ0n) is 24.3. The van der Waals surface area contributed by atoms with Gasteiger partial charge in [0.25, 0.3) is 0 Å². The Balaban J connectivity index is 1.85. The van der Waals surface area contributed by atoms with E-state index >= 15 is 0 Å². The topological polar surface area (TPSA) is 191 Å². The van der Waals surface area contributed by atoms with Gasteiger partial charge in [0, 0.05) is 19.3 Å². The van der Waals surface area contributed by atoms with Crippen LogP contribution < -0.4 is 21.7 Å². The molecule has 0 spiro atoms. The van der Waals surface area contributed by atoms with Gasteiger partial charge >= 0.3 is 5.97 Å². The summed E-state index contributed by atoms with van der Waals surface area (Å²) in [5, 5.41) is 37.1. The third-order valence-electron chi connectivity index (χ3n) is 6.89. The molecule has 0 bridgehead atoms. The molecule has 234 valence electrons. The summed E-state index contributed by atoms with van der Waals surface area (Å²) >= 11 is 1.53. The molecule has 11 nitrogen and oxygen atoms in total. The van der Waals surface area contributed by atoms with Gasteiger partial charge in [0.2, 0.25) is 17.7 Å². The number of carbonyl (C=O) groups is 4. The molecule has 3 aromatic rings. The highest BCUT2D eigenvalue weighted by molar-refractivity contribution is 7.98. The molecule has 0 fully saturated rings. The van der Waals surface area contributed by atoms with Crippen molar-refractivity contribution < 1.29 is 34.5 Å². The van der Waals surface area contributed by atoms with E-state index in [9.17, 15) is 34.5 Å². The quantitative estimate of drug-likeness (QED) is 0.125. The molecular formula is C32H38N4O7S. The molecule has 0 aliphatic heterocycles. The summed E-state index contributed by atoms with van der Waals surface area (Å²) in [5.74, 6) is -2.50. The number of carbonyl (C=O) groups excluding carboxylic acids is 3. The number of carboxylic acids is 1. The van der Waals surface area contributed by atoms with Crippen LogP contribution in [-0.2, 0) is 38.4 Å². The second-order valence-electron chi connectivity index (χ2n) is 10.3. The van der Waals surface area contributed by atoms with E-state index in [1.165, 1.54) is 36.0 Å². The number of rotatable bonds is 16. The van der Waals surface area contributed by atoms with Crippen LogP contribution in [-0.4, -0.2) is 75.2 Å². The molecule has 0 saturated carbocycles. The Morgan fingerprint density at radius 2 is 1.07 bits per heavy atom. The molecule has 8 N–H and O–H groups in total. The number of hydrogen-bond acceptors (Lipinski definition) is 8. The number of phenolic OH excluding ortho intramolecular Hbond substituents is 2. The summed E-state index contributed by atoms with van der Waals surface area (Å²) in [4.78, 5) is 52.2. The first-order valence-corrected chi connectivity index (χ1v) is 15.4. The lowest BCUT2D eigenvalue weighted by molar-refractivity contribution is -0.142. The second kappa shape index (κ2) is 16.9. The number of hydrogen-bond donors (Lipinski definition) is 7. The molecule has 4 atom stereocenters. The van der Waals surface area contributed by atoms with E-state index in [0.29, 0.717) is 28.9 Å². The number of benzene rings is 3. The van der Waals surface area contributed by atoms with E-state index in [1.807, 2.05) is 6.26 Å². The summed E-state index contributed by atoms with van der Waals surface area (Å²) in [6, 6.07) is 16.5. The lowest BCUT2D eigenvalue weighted by atomic mass is 10.0. The van der Waals surface area contributed by atoms with E-state index in [1.54, 1.807) is 54.6 Å². The fraction of sp³-hybridized carbons (Fsp3) is 0.312. The molecule has 12 heteroatoms. The van der Waals surface area contributed by atoms with Crippen molar-refractivity contribution in [1.82, 2.24) is 16.0 Å². The smallest absolute Gasteiger partial charge is 0.326 e. The molecule has 0 heterocycles. The van der Waals surface area contributed by atoms with Crippen molar-refractivity contribution >= 4 is 35.5 Å². The van der Waals surface area contributed by atoms with Crippen molar-refractivity contribution in [2.45, 2.75) is 49.9 Å². The summed E-state index contributed by atoms with van der Waals surface area (Å²) in [6.07, 6.45) is 2.31. The Kier molecular flexibility index (Phi) is 13.1. The van der Waals surface area contributed by atoms with E-state index < -0.39 is 47.9 Å². The zero-order valence-corrected chi connectivity index (χ0v) is 25.1. The van der Waals surface area contributed by atoms with Crippen LogP contribution >= 0.6 is 11.8 Å². The third-order valence-corrected chi connectivity index (χ3v) is 7.53. The molecule has 0 radical (unpaired) electrons. The zero-order chi connectivity index (χ0) is 32.1. The lowest BCUT2D eigenvalue weighted by Gasteiger charge is -2.25. The number of thioether (sulfide) groups is 1. The SMILES string of the molecule is CSCCC(N)C(=O)NC(Cc1ccc(O)cc1)C(=O)NC(Cc1ccc(O)cc1)C(=O)NC(Cc1ccccc1)C(=O)O. The van der Waals surface area contributed by atoms with Crippen molar-refractivity contribution in [3.8, 4) is 11.5 Å². The van der Waals surface area contributed by atoms with E-state index in [0.717, 1.165) is 0 Å². The van der Waals surface area contributed by atoms with Crippen LogP contribution in [0, 0.1) is 0 Å². The predicted molar refractivity (Wildman–Crippen MR) is 168 cm³/mol. The number of amides is 3. The fourth-order valence-corrected chi connectivity index (χ4v) is 4.89. The van der Waals surface area contributed by atoms with Gasteiger partial charge in [-0.25, -0.2) is 4.79 Å². The molecule has 0 aromatic heterocycles. The van der Waals surface area contributed by atoms with Crippen molar-refractivity contribution in [2.24, 2.45) is 5.73 Å². The standard InChI is InChI=1S/C32H38N4O7S/c1-44-16-15-25(33)29(39)34-26(17-21-7-11-23(37)12-8-21)30(40)35-27(18-22-9-13-24(38)14-10-22)31(41)36-28(32(42)43)19-20-5-3-2-4-6-20/h2-14,25-28,37-38H,15-19,33H2,1H3,(H,34,39)(H,35,40)(H,36,41)(H,42,43). The maximum absolute atomic E-state index is 13.7. The van der Waals surface area contributed by atoms with Gasteiger partial charge in [-0.1, -0.05) is 54.6 Å². The molecule has 3 aromatic carbocycles. The minimum absolute atomic E-state index is 0.0158. The largest absolute Gasteiger partial charge is 0.508 e. The molecule has 3 amide bonds. The number of aromatic hydroxyl groups is 2. The Hall–Kier alpha value is -4.55. The Bertz CT molecular complexity index is 1390. The average molecular weight is 623 g/mol. The first-order chi connectivity index (χ1) is 21.0. The van der Waals surface area contributed by atoms with Crippen LogP contribution in [0.5, 0.6) is 11.5 Å². The highest BCUT2D eigenvalue weighted by atomic mass is 32.2. The molecule has 3 rings (SSSR count). The maximum Gasteiger partial charge on any atom is 0.326 e. The van der Waals surface area contributed by atoms with E-state index in [2.05, 4.69) is 16.0 Å². The third kappa shape index (κ3) is 10.9. The summed E-state index contributed by atoms with van der Waals surface area (Å²) in [5.41, 5.74) is 7.98. The van der Waals surface area contributed by atoms with E-state index in [4.69, 9.17) is 5.73 Å². The summed E-state index contributed by atoms with van der Waals surface area (Å²) in [7, 11) is 0. The maximum atomic E-state index is 13.7. The van der Waals surface area contributed by atoms with Gasteiger partial charge in [-0.15, -0.1) is 0 Å². The molecule has 0 aliphatic rings. The van der Waals surface area contributed by atoms with Crippen LogP contribution in [0.15, 0.2) is 78.9 Å². The molecule has 0 aliphatic carbocycles. The minimum Gasteiger partial charge on any atom is -0.508 e. The van der Waals surface area contributed by atoms with Gasteiger partial charge < -0.3 is 37.0 Å². The van der Waals surface area contributed by atoms with Gasteiger partial charge in [-0.2, -0.15) is 11.8 Å². The lowest BCUT2D eigenvalue weighted by Crippen LogP contribution is -2.58. The average Bonchev–Trinajstić information content (AvgIpc) is 3.01. The van der Waals surface area contributed by atoms with Crippen LogP contribution in [0.2, 0.25) is 0 Å². The highest BCUT2D eigenvalue weighted by Gasteiger charge is 2.31. The van der Waals surface area contributed by atoms with E-state index in [-0.39, 0.29) is 30.8 Å². The second-order valence-corrected chi connectivity index (χ2v) is 11.3. The summed E-state index contributed by atoms with van der Waals surface area (Å²) < 4.78 is 0. The summed E-state index contributed by atoms with van der Waals surface area (Å²) in [6.45, 7) is 0. The Labute approximate surface area is 260 Å². The normalized spacial score (nSPS) is 13.6. The number of nitrogens with two attached hydrogens (primary N) is 1. The van der Waals surface area contributed by atoms with Crippen molar-refractivity contribution in [3.05, 3.63) is 95.6 Å². The van der Waals surface area contributed by atoms with Crippen LogP contribution in [0.3, 0.4) is 0 Å². The molecular weight excluding hydrogens is 584 g/mol. The Morgan fingerprint density at radius 3 is 1.52 bits per heavy atom. The van der Waals surface area contributed by atoms with Gasteiger partial charge in [-0.3, -0.25) is 14.4 Å². The van der Waals surface area contributed by atoms with Crippen molar-refractivity contribution in [2.75, 3.05) is 12.0 Å². The monoisotopic (exact) mass is 622 g/mol. The van der Waals surface area contributed by atoms with Gasteiger partial charge in [-0.05, 0) is 59.4 Å². The highest BCUT2D eigenvalue weighted by Crippen LogP contribution is 2.14. The fourth-order valence-electron chi connectivity index (χ4n) is 4.40. The number of aliphatic carboxylic acids is 1. The van der Waals surface area contributed by atoms with Gasteiger partial charge in [0.15, 0.2) is 0 Å². The molecule has 0 saturated heterocycles. The molecule has 4 unspecified atom stereocenters. The van der Waals surface area contributed by atoms with Crippen LogP contribution in [0.25, 0.3) is 0 Å². The minimum atomic E-state index is -1.27. The van der Waals surface area contributed by atoms with Gasteiger partial charge in [0.05, 0.1) is 6.04 Å². The first-order valence-electron chi connectivity index (χ1n) is 14.0. The first kappa shape index (κ1) is 33.9. The van der Waals surface area contributed by atoms with Crippen LogP contribution in [0.4, 0.5) is 0 Å². The number of nitrogens with one attached hydrogen (secondary N) is 3. The number of phenols is 2. The van der Waals surface area contributed by atoms with Crippen molar-refractivity contribution in [3.63, 3.8) is 0 Å². The van der Waals surface area contributed by atoms with Crippen LogP contribution in [0.1, 0.15) is 23.1 Å².